The predicted octanol–water partition coefficient (Wildman–Crippen LogP) is 1.96. The van der Waals surface area contributed by atoms with Crippen LogP contribution in [0.2, 0.25) is 0 Å². The molecule has 0 unspecified atom stereocenters. The van der Waals surface area contributed by atoms with E-state index in [1.54, 1.807) is 6.07 Å². The molecule has 0 bridgehead atoms. The van der Waals surface area contributed by atoms with E-state index >= 15 is 0 Å². The molecule has 0 fully saturated rings. The SMILES string of the molecule is O=Cc1ccnc2cc([N+](=O)[O-])ccc12. The molecule has 0 atom stereocenters. The van der Waals surface area contributed by atoms with Gasteiger partial charge >= 0.3 is 0 Å². The van der Waals surface area contributed by atoms with Gasteiger partial charge in [0.25, 0.3) is 5.69 Å². The van der Waals surface area contributed by atoms with Crippen molar-refractivity contribution in [3.8, 4) is 0 Å². The summed E-state index contributed by atoms with van der Waals surface area (Å²) in [5.41, 5.74) is 0.904. The third-order valence-corrected chi connectivity index (χ3v) is 2.10. The van der Waals surface area contributed by atoms with Crippen LogP contribution in [0.4, 0.5) is 5.69 Å². The molecule has 0 aliphatic heterocycles. The van der Waals surface area contributed by atoms with E-state index in [2.05, 4.69) is 4.98 Å². The lowest BCUT2D eigenvalue weighted by Gasteiger charge is -1.99. The van der Waals surface area contributed by atoms with Crippen molar-refractivity contribution in [1.29, 1.82) is 0 Å². The fraction of sp³-hybridized carbons (Fsp3) is 0. The van der Waals surface area contributed by atoms with E-state index in [9.17, 15) is 14.9 Å². The Balaban J connectivity index is 2.74. The highest BCUT2D eigenvalue weighted by atomic mass is 16.6. The molecule has 0 aliphatic carbocycles. The smallest absolute Gasteiger partial charge is 0.271 e. The molecule has 0 saturated heterocycles. The molecule has 2 aromatic rings. The number of carbonyl (C=O) groups excluding carboxylic acids is 1. The van der Waals surface area contributed by atoms with E-state index < -0.39 is 4.92 Å². The fourth-order valence-corrected chi connectivity index (χ4v) is 1.37. The van der Waals surface area contributed by atoms with Crippen LogP contribution in [0.1, 0.15) is 10.4 Å². The van der Waals surface area contributed by atoms with Crippen molar-refractivity contribution in [1.82, 2.24) is 4.98 Å². The number of fused-ring (bicyclic) bond motifs is 1. The molecule has 5 nitrogen and oxygen atoms in total. The first kappa shape index (κ1) is 9.26. The van der Waals surface area contributed by atoms with Gasteiger partial charge in [-0.15, -0.1) is 0 Å². The van der Waals surface area contributed by atoms with Crippen molar-refractivity contribution in [2.45, 2.75) is 0 Å². The molecule has 1 heterocycles. The zero-order valence-electron chi connectivity index (χ0n) is 7.58. The summed E-state index contributed by atoms with van der Waals surface area (Å²) < 4.78 is 0. The van der Waals surface area contributed by atoms with Crippen LogP contribution in [-0.4, -0.2) is 16.2 Å². The first-order valence-corrected chi connectivity index (χ1v) is 4.20. The number of nitro benzene ring substituents is 1. The van der Waals surface area contributed by atoms with E-state index in [1.807, 2.05) is 0 Å². The van der Waals surface area contributed by atoms with Gasteiger partial charge in [-0.3, -0.25) is 19.9 Å². The van der Waals surface area contributed by atoms with Gasteiger partial charge in [0, 0.05) is 29.3 Å². The van der Waals surface area contributed by atoms with Gasteiger partial charge in [-0.1, -0.05) is 0 Å². The maximum absolute atomic E-state index is 10.7. The Morgan fingerprint density at radius 2 is 2.13 bits per heavy atom. The van der Waals surface area contributed by atoms with E-state index in [-0.39, 0.29) is 5.69 Å². The van der Waals surface area contributed by atoms with Crippen LogP contribution in [0.3, 0.4) is 0 Å². The summed E-state index contributed by atoms with van der Waals surface area (Å²) in [5.74, 6) is 0. The number of nitrogens with zero attached hydrogens (tertiary/aromatic N) is 2. The Morgan fingerprint density at radius 3 is 2.80 bits per heavy atom. The van der Waals surface area contributed by atoms with Gasteiger partial charge in [0.05, 0.1) is 10.4 Å². The van der Waals surface area contributed by atoms with Crippen LogP contribution in [0.15, 0.2) is 30.5 Å². The average molecular weight is 202 g/mol. The Bertz CT molecular complexity index is 551. The van der Waals surface area contributed by atoms with E-state index in [0.717, 1.165) is 0 Å². The molecule has 0 amide bonds. The average Bonchev–Trinajstić information content (AvgIpc) is 2.27. The minimum Gasteiger partial charge on any atom is -0.298 e. The second-order valence-electron chi connectivity index (χ2n) is 2.98. The molecule has 15 heavy (non-hydrogen) atoms. The quantitative estimate of drug-likeness (QED) is 0.424. The van der Waals surface area contributed by atoms with Gasteiger partial charge in [0.1, 0.15) is 0 Å². The van der Waals surface area contributed by atoms with Gasteiger partial charge in [0.15, 0.2) is 6.29 Å². The van der Waals surface area contributed by atoms with Crippen molar-refractivity contribution in [2.75, 3.05) is 0 Å². The number of non-ortho nitro benzene ring substituents is 1. The summed E-state index contributed by atoms with van der Waals surface area (Å²) >= 11 is 0. The van der Waals surface area contributed by atoms with Gasteiger partial charge in [-0.05, 0) is 12.1 Å². The monoisotopic (exact) mass is 202 g/mol. The number of aldehydes is 1. The molecule has 2 rings (SSSR count). The van der Waals surface area contributed by atoms with Crippen LogP contribution < -0.4 is 0 Å². The lowest BCUT2D eigenvalue weighted by Crippen LogP contribution is -1.90. The zero-order chi connectivity index (χ0) is 10.8. The summed E-state index contributed by atoms with van der Waals surface area (Å²) in [4.78, 5) is 24.7. The van der Waals surface area contributed by atoms with Crippen LogP contribution in [0.25, 0.3) is 10.9 Å². The van der Waals surface area contributed by atoms with Gasteiger partial charge < -0.3 is 0 Å². The molecule has 1 aromatic heterocycles. The summed E-state index contributed by atoms with van der Waals surface area (Å²) in [6, 6.07) is 5.81. The summed E-state index contributed by atoms with van der Waals surface area (Å²) in [5, 5.41) is 11.1. The largest absolute Gasteiger partial charge is 0.298 e. The van der Waals surface area contributed by atoms with Crippen molar-refractivity contribution in [2.24, 2.45) is 0 Å². The number of nitro groups is 1. The maximum atomic E-state index is 10.7. The van der Waals surface area contributed by atoms with Crippen molar-refractivity contribution in [3.05, 3.63) is 46.1 Å². The standard InChI is InChI=1S/C10H6N2O3/c13-6-7-3-4-11-10-5-8(12(14)15)1-2-9(7)10/h1-6H. The third-order valence-electron chi connectivity index (χ3n) is 2.10. The van der Waals surface area contributed by atoms with Crippen molar-refractivity contribution >= 4 is 22.9 Å². The fourth-order valence-electron chi connectivity index (χ4n) is 1.37. The Morgan fingerprint density at radius 1 is 1.33 bits per heavy atom. The number of hydrogen-bond acceptors (Lipinski definition) is 4. The number of carbonyl (C=O) groups is 1. The molecule has 0 N–H and O–H groups in total. The van der Waals surface area contributed by atoms with Gasteiger partial charge in [-0.25, -0.2) is 0 Å². The molecule has 0 spiro atoms. The lowest BCUT2D eigenvalue weighted by atomic mass is 10.1. The number of hydrogen-bond donors (Lipinski definition) is 0. The Kier molecular flexibility index (Phi) is 2.13. The summed E-state index contributed by atoms with van der Waals surface area (Å²) in [6.45, 7) is 0. The predicted molar refractivity (Wildman–Crippen MR) is 53.8 cm³/mol. The van der Waals surface area contributed by atoms with Crippen molar-refractivity contribution < 1.29 is 9.72 Å². The summed E-state index contributed by atoms with van der Waals surface area (Å²) in [7, 11) is 0. The second-order valence-corrected chi connectivity index (χ2v) is 2.98. The van der Waals surface area contributed by atoms with Crippen LogP contribution >= 0.6 is 0 Å². The minimum absolute atomic E-state index is 0.0296. The topological polar surface area (TPSA) is 73.1 Å². The number of rotatable bonds is 2. The second kappa shape index (κ2) is 3.45. The van der Waals surface area contributed by atoms with Crippen molar-refractivity contribution in [3.63, 3.8) is 0 Å². The molecule has 0 saturated carbocycles. The lowest BCUT2D eigenvalue weighted by molar-refractivity contribution is -0.384. The zero-order valence-corrected chi connectivity index (χ0v) is 7.58. The molecule has 1 aromatic carbocycles. The molecule has 5 heteroatoms. The number of aromatic nitrogens is 1. The highest BCUT2D eigenvalue weighted by Gasteiger charge is 2.08. The van der Waals surface area contributed by atoms with Crippen LogP contribution in [0.5, 0.6) is 0 Å². The molecule has 74 valence electrons. The molecule has 0 radical (unpaired) electrons. The molecular weight excluding hydrogens is 196 g/mol. The Hall–Kier alpha value is -2.30. The van der Waals surface area contributed by atoms with Gasteiger partial charge in [0.2, 0.25) is 0 Å². The third kappa shape index (κ3) is 1.54. The van der Waals surface area contributed by atoms with E-state index in [4.69, 9.17) is 0 Å². The normalized spacial score (nSPS) is 10.1. The van der Waals surface area contributed by atoms with E-state index in [1.165, 1.54) is 24.4 Å². The number of pyridine rings is 1. The van der Waals surface area contributed by atoms with Crippen LogP contribution in [-0.2, 0) is 0 Å². The molecular formula is C10H6N2O3. The van der Waals surface area contributed by atoms with E-state index in [0.29, 0.717) is 22.8 Å². The molecule has 0 aliphatic rings. The highest BCUT2D eigenvalue weighted by molar-refractivity contribution is 5.96. The van der Waals surface area contributed by atoms with Gasteiger partial charge in [-0.2, -0.15) is 0 Å². The number of benzene rings is 1. The summed E-state index contributed by atoms with van der Waals surface area (Å²) in [6.07, 6.45) is 2.16. The minimum atomic E-state index is -0.491. The highest BCUT2D eigenvalue weighted by Crippen LogP contribution is 2.20. The maximum Gasteiger partial charge on any atom is 0.271 e. The first-order chi connectivity index (χ1) is 7.22. The first-order valence-electron chi connectivity index (χ1n) is 4.20. The Labute approximate surface area is 84.5 Å². The van der Waals surface area contributed by atoms with Crippen LogP contribution in [0, 0.1) is 10.1 Å².